The van der Waals surface area contributed by atoms with E-state index in [2.05, 4.69) is 5.32 Å². The van der Waals surface area contributed by atoms with Crippen LogP contribution in [0.25, 0.3) is 0 Å². The number of hydrogen-bond donors (Lipinski definition) is 1. The van der Waals surface area contributed by atoms with Gasteiger partial charge < -0.3 is 10.2 Å². The Kier molecular flexibility index (Phi) is 4.65. The van der Waals surface area contributed by atoms with Gasteiger partial charge in [0, 0.05) is 25.2 Å². The lowest BCUT2D eigenvalue weighted by Crippen LogP contribution is -2.53. The average Bonchev–Trinajstić information content (AvgIpc) is 2.77. The topological polar surface area (TPSA) is 32.3 Å². The SMILES string of the molecule is Cl.O=C(N1CCC2CCC(C1)N2)C1(c2cccc(F)c2)CCC1. The van der Waals surface area contributed by atoms with E-state index in [4.69, 9.17) is 0 Å². The second kappa shape index (κ2) is 6.40. The number of halogens is 2. The summed E-state index contributed by atoms with van der Waals surface area (Å²) in [5, 5.41) is 3.62. The first kappa shape index (κ1) is 16.7. The third-order valence-electron chi connectivity index (χ3n) is 5.80. The van der Waals surface area contributed by atoms with Crippen molar-refractivity contribution in [2.45, 2.75) is 56.0 Å². The van der Waals surface area contributed by atoms with E-state index in [0.29, 0.717) is 12.1 Å². The lowest BCUT2D eigenvalue weighted by Gasteiger charge is -2.44. The Labute approximate surface area is 143 Å². The molecule has 1 saturated carbocycles. The zero-order chi connectivity index (χ0) is 15.2. The van der Waals surface area contributed by atoms with Crippen LogP contribution < -0.4 is 5.32 Å². The fraction of sp³-hybridized carbons (Fsp3) is 0.611. The number of nitrogens with zero attached hydrogens (tertiary/aromatic N) is 1. The summed E-state index contributed by atoms with van der Waals surface area (Å²) < 4.78 is 13.6. The van der Waals surface area contributed by atoms with Crippen LogP contribution in [0.2, 0.25) is 0 Å². The van der Waals surface area contributed by atoms with Gasteiger partial charge in [-0.25, -0.2) is 4.39 Å². The molecular formula is C18H24ClFN2O. The van der Waals surface area contributed by atoms with Crippen LogP contribution in [-0.4, -0.2) is 36.0 Å². The van der Waals surface area contributed by atoms with E-state index in [-0.39, 0.29) is 24.1 Å². The Morgan fingerprint density at radius 1 is 1.22 bits per heavy atom. The van der Waals surface area contributed by atoms with Gasteiger partial charge in [-0.3, -0.25) is 4.79 Å². The number of carbonyl (C=O) groups is 1. The van der Waals surface area contributed by atoms with E-state index in [1.54, 1.807) is 12.1 Å². The van der Waals surface area contributed by atoms with Gasteiger partial charge in [0.2, 0.25) is 5.91 Å². The molecule has 23 heavy (non-hydrogen) atoms. The highest BCUT2D eigenvalue weighted by Crippen LogP contribution is 2.45. The molecule has 1 N–H and O–H groups in total. The number of carbonyl (C=O) groups excluding carboxylic acids is 1. The summed E-state index contributed by atoms with van der Waals surface area (Å²) in [6.07, 6.45) is 6.21. The number of nitrogens with one attached hydrogen (secondary N) is 1. The first-order chi connectivity index (χ1) is 10.7. The van der Waals surface area contributed by atoms with Gasteiger partial charge in [-0.2, -0.15) is 0 Å². The molecule has 0 aromatic heterocycles. The van der Waals surface area contributed by atoms with Gasteiger partial charge in [-0.05, 0) is 49.8 Å². The molecule has 2 unspecified atom stereocenters. The van der Waals surface area contributed by atoms with Crippen LogP contribution in [0.4, 0.5) is 4.39 Å². The normalized spacial score (nSPS) is 28.5. The Hall–Kier alpha value is -1.13. The molecule has 1 aliphatic carbocycles. The van der Waals surface area contributed by atoms with Crippen molar-refractivity contribution in [2.24, 2.45) is 0 Å². The molecule has 126 valence electrons. The van der Waals surface area contributed by atoms with Gasteiger partial charge >= 0.3 is 0 Å². The summed E-state index contributed by atoms with van der Waals surface area (Å²) in [6.45, 7) is 1.65. The molecule has 3 fully saturated rings. The maximum atomic E-state index is 13.6. The largest absolute Gasteiger partial charge is 0.340 e. The third kappa shape index (κ3) is 2.87. The van der Waals surface area contributed by atoms with E-state index in [9.17, 15) is 9.18 Å². The molecule has 1 aromatic rings. The van der Waals surface area contributed by atoms with Crippen molar-refractivity contribution in [3.05, 3.63) is 35.6 Å². The molecule has 1 amide bonds. The number of benzene rings is 1. The second-order valence-corrected chi connectivity index (χ2v) is 7.12. The van der Waals surface area contributed by atoms with Crippen LogP contribution >= 0.6 is 12.4 Å². The van der Waals surface area contributed by atoms with Crippen LogP contribution in [0, 0.1) is 5.82 Å². The van der Waals surface area contributed by atoms with Crippen molar-refractivity contribution in [3.8, 4) is 0 Å². The molecule has 3 aliphatic rings. The number of hydrogen-bond acceptors (Lipinski definition) is 2. The minimum Gasteiger partial charge on any atom is -0.340 e. The average molecular weight is 339 g/mol. The Bertz CT molecular complexity index is 590. The molecule has 2 atom stereocenters. The van der Waals surface area contributed by atoms with Crippen LogP contribution in [-0.2, 0) is 10.2 Å². The van der Waals surface area contributed by atoms with Crippen LogP contribution in [0.3, 0.4) is 0 Å². The molecule has 0 spiro atoms. The van der Waals surface area contributed by atoms with Crippen LogP contribution in [0.5, 0.6) is 0 Å². The van der Waals surface area contributed by atoms with Crippen molar-refractivity contribution in [3.63, 3.8) is 0 Å². The van der Waals surface area contributed by atoms with Crippen molar-refractivity contribution in [2.75, 3.05) is 13.1 Å². The van der Waals surface area contributed by atoms with Crippen molar-refractivity contribution in [1.29, 1.82) is 0 Å². The summed E-state index contributed by atoms with van der Waals surface area (Å²) >= 11 is 0. The molecule has 2 heterocycles. The number of fused-ring (bicyclic) bond motifs is 2. The van der Waals surface area contributed by atoms with Crippen molar-refractivity contribution < 1.29 is 9.18 Å². The maximum absolute atomic E-state index is 13.6. The van der Waals surface area contributed by atoms with Gasteiger partial charge in [0.25, 0.3) is 0 Å². The van der Waals surface area contributed by atoms with E-state index in [1.807, 2.05) is 11.0 Å². The van der Waals surface area contributed by atoms with E-state index in [0.717, 1.165) is 44.3 Å². The smallest absolute Gasteiger partial charge is 0.233 e. The number of likely N-dealkylation sites (tertiary alicyclic amines) is 1. The molecular weight excluding hydrogens is 315 g/mol. The molecule has 0 radical (unpaired) electrons. The van der Waals surface area contributed by atoms with Crippen LogP contribution in [0.15, 0.2) is 24.3 Å². The predicted molar refractivity (Wildman–Crippen MR) is 90.3 cm³/mol. The van der Waals surface area contributed by atoms with Gasteiger partial charge in [-0.1, -0.05) is 18.6 Å². The summed E-state index contributed by atoms with van der Waals surface area (Å²) in [5.74, 6) is -0.0214. The molecule has 2 saturated heterocycles. The van der Waals surface area contributed by atoms with Gasteiger partial charge in [0.1, 0.15) is 5.82 Å². The van der Waals surface area contributed by atoms with Gasteiger partial charge in [0.15, 0.2) is 0 Å². The summed E-state index contributed by atoms with van der Waals surface area (Å²) in [6, 6.07) is 7.68. The van der Waals surface area contributed by atoms with Crippen LogP contribution in [0.1, 0.15) is 44.1 Å². The zero-order valence-corrected chi connectivity index (χ0v) is 14.1. The molecule has 5 heteroatoms. The summed E-state index contributed by atoms with van der Waals surface area (Å²) in [5.41, 5.74) is 0.400. The molecule has 4 rings (SSSR count). The lowest BCUT2D eigenvalue weighted by molar-refractivity contribution is -0.141. The van der Waals surface area contributed by atoms with Crippen molar-refractivity contribution in [1.82, 2.24) is 10.2 Å². The monoisotopic (exact) mass is 338 g/mol. The highest BCUT2D eigenvalue weighted by Gasteiger charge is 2.48. The van der Waals surface area contributed by atoms with E-state index < -0.39 is 5.41 Å². The highest BCUT2D eigenvalue weighted by molar-refractivity contribution is 5.89. The minimum atomic E-state index is -0.467. The van der Waals surface area contributed by atoms with Crippen molar-refractivity contribution >= 4 is 18.3 Å². The Morgan fingerprint density at radius 2 is 2.00 bits per heavy atom. The number of amides is 1. The van der Waals surface area contributed by atoms with Gasteiger partial charge in [0.05, 0.1) is 5.41 Å². The third-order valence-corrected chi connectivity index (χ3v) is 5.80. The number of rotatable bonds is 2. The van der Waals surface area contributed by atoms with E-state index >= 15 is 0 Å². The predicted octanol–water partition coefficient (Wildman–Crippen LogP) is 3.02. The zero-order valence-electron chi connectivity index (χ0n) is 13.3. The fourth-order valence-corrected chi connectivity index (χ4v) is 4.37. The van der Waals surface area contributed by atoms with E-state index in [1.165, 1.54) is 18.9 Å². The first-order valence-electron chi connectivity index (χ1n) is 8.49. The molecule has 2 aliphatic heterocycles. The Morgan fingerprint density at radius 3 is 2.70 bits per heavy atom. The highest BCUT2D eigenvalue weighted by atomic mass is 35.5. The minimum absolute atomic E-state index is 0. The molecule has 2 bridgehead atoms. The first-order valence-corrected chi connectivity index (χ1v) is 8.49. The lowest BCUT2D eigenvalue weighted by atomic mass is 9.63. The summed E-state index contributed by atoms with van der Waals surface area (Å²) in [7, 11) is 0. The second-order valence-electron chi connectivity index (χ2n) is 7.12. The molecule has 1 aromatic carbocycles. The van der Waals surface area contributed by atoms with Gasteiger partial charge in [-0.15, -0.1) is 12.4 Å². The molecule has 3 nitrogen and oxygen atoms in total. The standard InChI is InChI=1S/C18H23FN2O.ClH/c19-14-4-1-3-13(11-14)18(8-2-9-18)17(22)21-10-7-15-5-6-16(12-21)20-15;/h1,3-4,11,15-16,20H,2,5-10,12H2;1H. The quantitative estimate of drug-likeness (QED) is 0.899. The Balaban J connectivity index is 0.00000156. The summed E-state index contributed by atoms with van der Waals surface area (Å²) in [4.78, 5) is 15.3. The fourth-order valence-electron chi connectivity index (χ4n) is 4.37. The maximum Gasteiger partial charge on any atom is 0.233 e.